The molecule has 0 N–H and O–H groups in total. The van der Waals surface area contributed by atoms with Crippen molar-refractivity contribution in [3.8, 4) is 5.75 Å². The maximum atomic E-state index is 11.2. The SMILES string of the molecule is Cc1cc(OCc2nnn(C)n2)ccc1S(=O)(=O)Cl. The van der Waals surface area contributed by atoms with Gasteiger partial charge >= 0.3 is 0 Å². The zero-order valence-electron chi connectivity index (χ0n) is 10.2. The van der Waals surface area contributed by atoms with Crippen LogP contribution in [0.3, 0.4) is 0 Å². The summed E-state index contributed by atoms with van der Waals surface area (Å²) in [5.74, 6) is 0.947. The van der Waals surface area contributed by atoms with E-state index in [0.29, 0.717) is 17.1 Å². The van der Waals surface area contributed by atoms with Crippen molar-refractivity contribution in [3.63, 3.8) is 0 Å². The first-order valence-corrected chi connectivity index (χ1v) is 7.58. The fourth-order valence-corrected chi connectivity index (χ4v) is 2.71. The van der Waals surface area contributed by atoms with Gasteiger partial charge in [0.05, 0.1) is 11.9 Å². The van der Waals surface area contributed by atoms with Gasteiger partial charge < -0.3 is 4.74 Å². The summed E-state index contributed by atoms with van der Waals surface area (Å²) in [4.78, 5) is 1.40. The van der Waals surface area contributed by atoms with Crippen LogP contribution in [0.1, 0.15) is 11.4 Å². The van der Waals surface area contributed by atoms with Crippen LogP contribution in [0, 0.1) is 6.92 Å². The van der Waals surface area contributed by atoms with Gasteiger partial charge in [0.1, 0.15) is 5.75 Å². The van der Waals surface area contributed by atoms with Gasteiger partial charge in [-0.2, -0.15) is 4.80 Å². The highest BCUT2D eigenvalue weighted by Crippen LogP contribution is 2.24. The van der Waals surface area contributed by atoms with Gasteiger partial charge in [0.2, 0.25) is 5.82 Å². The molecule has 0 saturated heterocycles. The van der Waals surface area contributed by atoms with E-state index in [1.807, 2.05) is 0 Å². The molecular weight excluding hydrogens is 292 g/mol. The summed E-state index contributed by atoms with van der Waals surface area (Å²) in [5.41, 5.74) is 0.514. The zero-order valence-corrected chi connectivity index (χ0v) is 11.8. The van der Waals surface area contributed by atoms with E-state index in [0.717, 1.165) is 0 Å². The van der Waals surface area contributed by atoms with Crippen LogP contribution in [0.15, 0.2) is 23.1 Å². The Morgan fingerprint density at radius 1 is 1.42 bits per heavy atom. The molecule has 2 rings (SSSR count). The number of hydrogen-bond acceptors (Lipinski definition) is 6. The molecule has 0 aliphatic heterocycles. The Morgan fingerprint density at radius 2 is 2.16 bits per heavy atom. The van der Waals surface area contributed by atoms with Crippen LogP contribution < -0.4 is 4.74 Å². The van der Waals surface area contributed by atoms with Crippen LogP contribution in [0.2, 0.25) is 0 Å². The molecule has 0 atom stereocenters. The smallest absolute Gasteiger partial charge is 0.261 e. The molecule has 0 fully saturated rings. The largest absolute Gasteiger partial charge is 0.485 e. The van der Waals surface area contributed by atoms with E-state index in [4.69, 9.17) is 15.4 Å². The fraction of sp³-hybridized carbons (Fsp3) is 0.300. The summed E-state index contributed by atoms with van der Waals surface area (Å²) < 4.78 is 27.9. The van der Waals surface area contributed by atoms with Crippen molar-refractivity contribution in [2.45, 2.75) is 18.4 Å². The molecule has 1 heterocycles. The third-order valence-electron chi connectivity index (χ3n) is 2.33. The molecule has 9 heteroatoms. The van der Waals surface area contributed by atoms with Crippen LogP contribution in [-0.2, 0) is 22.7 Å². The minimum Gasteiger partial charge on any atom is -0.485 e. The highest BCUT2D eigenvalue weighted by atomic mass is 35.7. The minimum atomic E-state index is -3.74. The third kappa shape index (κ3) is 3.42. The molecule has 1 aromatic carbocycles. The van der Waals surface area contributed by atoms with Crippen molar-refractivity contribution in [1.29, 1.82) is 0 Å². The highest BCUT2D eigenvalue weighted by molar-refractivity contribution is 8.13. The number of ether oxygens (including phenoxy) is 1. The number of hydrogen-bond donors (Lipinski definition) is 0. The van der Waals surface area contributed by atoms with E-state index in [1.54, 1.807) is 20.0 Å². The molecule has 0 saturated carbocycles. The number of nitrogens with zero attached hydrogens (tertiary/aromatic N) is 4. The minimum absolute atomic E-state index is 0.0687. The lowest BCUT2D eigenvalue weighted by Crippen LogP contribution is -2.00. The molecular formula is C10H11ClN4O3S. The van der Waals surface area contributed by atoms with Gasteiger partial charge in [0, 0.05) is 10.7 Å². The maximum absolute atomic E-state index is 11.2. The molecule has 0 radical (unpaired) electrons. The van der Waals surface area contributed by atoms with E-state index in [9.17, 15) is 8.42 Å². The summed E-state index contributed by atoms with van der Waals surface area (Å²) in [5, 5.41) is 11.4. The van der Waals surface area contributed by atoms with Gasteiger partial charge in [0.15, 0.2) is 6.61 Å². The first kappa shape index (κ1) is 13.8. The fourth-order valence-electron chi connectivity index (χ4n) is 1.51. The summed E-state index contributed by atoms with van der Waals surface area (Å²) in [7, 11) is 3.21. The molecule has 7 nitrogen and oxygen atoms in total. The van der Waals surface area contributed by atoms with E-state index in [1.165, 1.54) is 16.9 Å². The first-order chi connectivity index (χ1) is 8.86. The Bertz CT molecular complexity index is 699. The van der Waals surface area contributed by atoms with Crippen molar-refractivity contribution in [2.24, 2.45) is 7.05 Å². The number of benzene rings is 1. The molecule has 2 aromatic rings. The van der Waals surface area contributed by atoms with Gasteiger partial charge in [-0.15, -0.1) is 10.2 Å². The molecule has 0 aliphatic rings. The van der Waals surface area contributed by atoms with Crippen LogP contribution >= 0.6 is 10.7 Å². The number of tetrazole rings is 1. The Morgan fingerprint density at radius 3 is 2.68 bits per heavy atom. The average Bonchev–Trinajstić information content (AvgIpc) is 2.71. The number of rotatable bonds is 4. The lowest BCUT2D eigenvalue weighted by Gasteiger charge is -2.06. The van der Waals surface area contributed by atoms with Gasteiger partial charge in [-0.25, -0.2) is 8.42 Å². The van der Waals surface area contributed by atoms with Crippen LogP contribution in [-0.4, -0.2) is 28.6 Å². The van der Waals surface area contributed by atoms with Crippen LogP contribution in [0.5, 0.6) is 5.75 Å². The predicted octanol–water partition coefficient (Wildman–Crippen LogP) is 1.03. The summed E-state index contributed by atoms with van der Waals surface area (Å²) in [6.45, 7) is 1.79. The molecule has 1 aromatic heterocycles. The van der Waals surface area contributed by atoms with E-state index >= 15 is 0 Å². The van der Waals surface area contributed by atoms with Crippen LogP contribution in [0.4, 0.5) is 0 Å². The highest BCUT2D eigenvalue weighted by Gasteiger charge is 2.13. The second-order valence-electron chi connectivity index (χ2n) is 3.85. The topological polar surface area (TPSA) is 87.0 Å². The van der Waals surface area contributed by atoms with Crippen molar-refractivity contribution in [3.05, 3.63) is 29.6 Å². The molecule has 0 spiro atoms. The molecule has 0 amide bonds. The van der Waals surface area contributed by atoms with Crippen molar-refractivity contribution >= 4 is 19.7 Å². The Hall–Kier alpha value is -1.67. The van der Waals surface area contributed by atoms with Gasteiger partial charge in [-0.05, 0) is 35.9 Å². The van der Waals surface area contributed by atoms with Gasteiger partial charge in [0.25, 0.3) is 9.05 Å². The molecule has 19 heavy (non-hydrogen) atoms. The van der Waals surface area contributed by atoms with E-state index < -0.39 is 9.05 Å². The Labute approximate surface area is 114 Å². The Balaban J connectivity index is 2.12. The second kappa shape index (κ2) is 5.14. The quantitative estimate of drug-likeness (QED) is 0.784. The number of aromatic nitrogens is 4. The normalized spacial score (nSPS) is 11.5. The standard InChI is InChI=1S/C10H11ClN4O3S/c1-7-5-8(3-4-9(7)19(11,16)17)18-6-10-12-14-15(2)13-10/h3-5H,6H2,1-2H3. The van der Waals surface area contributed by atoms with Gasteiger partial charge in [-0.1, -0.05) is 0 Å². The average molecular weight is 303 g/mol. The number of aryl methyl sites for hydroxylation is 2. The molecule has 0 bridgehead atoms. The summed E-state index contributed by atoms with van der Waals surface area (Å²) >= 11 is 0. The van der Waals surface area contributed by atoms with E-state index in [-0.39, 0.29) is 11.5 Å². The third-order valence-corrected chi connectivity index (χ3v) is 3.81. The van der Waals surface area contributed by atoms with Crippen molar-refractivity contribution in [1.82, 2.24) is 20.2 Å². The monoisotopic (exact) mass is 302 g/mol. The van der Waals surface area contributed by atoms with Crippen molar-refractivity contribution in [2.75, 3.05) is 0 Å². The summed E-state index contributed by atoms with van der Waals surface area (Å²) in [6, 6.07) is 4.52. The molecule has 102 valence electrons. The first-order valence-electron chi connectivity index (χ1n) is 5.27. The zero-order chi connectivity index (χ0) is 14.0. The Kier molecular flexibility index (Phi) is 3.72. The van der Waals surface area contributed by atoms with Crippen molar-refractivity contribution < 1.29 is 13.2 Å². The molecule has 0 aliphatic carbocycles. The lowest BCUT2D eigenvalue weighted by molar-refractivity contribution is 0.295. The number of halogens is 1. The second-order valence-corrected chi connectivity index (χ2v) is 6.38. The van der Waals surface area contributed by atoms with Gasteiger partial charge in [-0.3, -0.25) is 0 Å². The maximum Gasteiger partial charge on any atom is 0.261 e. The van der Waals surface area contributed by atoms with Crippen LogP contribution in [0.25, 0.3) is 0 Å². The summed E-state index contributed by atoms with van der Waals surface area (Å²) in [6.07, 6.45) is 0. The van der Waals surface area contributed by atoms with E-state index in [2.05, 4.69) is 15.4 Å². The molecule has 0 unspecified atom stereocenters. The lowest BCUT2D eigenvalue weighted by atomic mass is 10.2. The predicted molar refractivity (Wildman–Crippen MR) is 67.3 cm³/mol.